The minimum absolute atomic E-state index is 0.00422. The van der Waals surface area contributed by atoms with Crippen molar-refractivity contribution in [2.45, 2.75) is 31.8 Å². The second-order valence-electron chi connectivity index (χ2n) is 5.12. The van der Waals surface area contributed by atoms with Gasteiger partial charge in [-0.1, -0.05) is 6.42 Å². The lowest BCUT2D eigenvalue weighted by molar-refractivity contribution is -0.118. The molecule has 1 fully saturated rings. The molecule has 3 heterocycles. The highest BCUT2D eigenvalue weighted by atomic mass is 32.1. The average molecular weight is 306 g/mol. The van der Waals surface area contributed by atoms with Crippen molar-refractivity contribution in [1.29, 1.82) is 0 Å². The van der Waals surface area contributed by atoms with Gasteiger partial charge < -0.3 is 5.32 Å². The summed E-state index contributed by atoms with van der Waals surface area (Å²) < 4.78 is 1.84. The molecule has 0 saturated carbocycles. The van der Waals surface area contributed by atoms with Crippen LogP contribution in [0.15, 0.2) is 24.2 Å². The molecule has 0 bridgehead atoms. The molecule has 1 atom stereocenters. The largest absolute Gasteiger partial charge is 0.301 e. The molecule has 0 radical (unpaired) electrons. The Hall–Kier alpha value is -1.80. The van der Waals surface area contributed by atoms with E-state index in [0.29, 0.717) is 17.7 Å². The maximum Gasteiger partial charge on any atom is 0.240 e. The monoisotopic (exact) mass is 306 g/mol. The number of hydrogen-bond donors (Lipinski definition) is 1. The van der Waals surface area contributed by atoms with Crippen molar-refractivity contribution in [1.82, 2.24) is 24.6 Å². The second kappa shape index (κ2) is 6.77. The van der Waals surface area contributed by atoms with E-state index >= 15 is 0 Å². The van der Waals surface area contributed by atoms with Crippen molar-refractivity contribution in [2.75, 3.05) is 18.4 Å². The van der Waals surface area contributed by atoms with Crippen LogP contribution < -0.4 is 5.32 Å². The minimum Gasteiger partial charge on any atom is -0.301 e. The summed E-state index contributed by atoms with van der Waals surface area (Å²) in [6.07, 6.45) is 8.38. The quantitative estimate of drug-likeness (QED) is 0.899. The molecule has 0 unspecified atom stereocenters. The minimum atomic E-state index is -0.00422. The summed E-state index contributed by atoms with van der Waals surface area (Å²) in [6, 6.07) is 0.336. The summed E-state index contributed by atoms with van der Waals surface area (Å²) in [5, 5.41) is 9.50. The van der Waals surface area contributed by atoms with E-state index in [1.807, 2.05) is 10.1 Å². The van der Waals surface area contributed by atoms with Gasteiger partial charge in [0.1, 0.15) is 12.7 Å². The fourth-order valence-corrected chi connectivity index (χ4v) is 3.19. The molecular weight excluding hydrogens is 288 g/mol. The zero-order chi connectivity index (χ0) is 14.5. The van der Waals surface area contributed by atoms with Crippen LogP contribution in [0.5, 0.6) is 0 Å². The van der Waals surface area contributed by atoms with Crippen LogP contribution in [0.3, 0.4) is 0 Å². The Morgan fingerprint density at radius 2 is 2.43 bits per heavy atom. The van der Waals surface area contributed by atoms with E-state index in [2.05, 4.69) is 25.3 Å². The molecule has 1 saturated heterocycles. The van der Waals surface area contributed by atoms with Crippen LogP contribution in [-0.2, 0) is 11.3 Å². The standard InChI is InChI=1S/C13H18N6OS/c20-12(17-13-15-4-6-21-13)8-18-5-2-1-3-11(18)7-19-10-14-9-16-19/h4,6,9-11H,1-3,5,7-8H2,(H,15,17,20)/t11-/m1/s1. The molecule has 8 heteroatoms. The summed E-state index contributed by atoms with van der Waals surface area (Å²) in [7, 11) is 0. The number of nitrogens with one attached hydrogen (secondary N) is 1. The molecule has 0 aliphatic carbocycles. The Labute approximate surface area is 127 Å². The van der Waals surface area contributed by atoms with Crippen molar-refractivity contribution in [3.05, 3.63) is 24.2 Å². The van der Waals surface area contributed by atoms with Gasteiger partial charge in [0, 0.05) is 17.6 Å². The Balaban J connectivity index is 1.57. The Morgan fingerprint density at radius 3 is 3.19 bits per heavy atom. The molecule has 2 aromatic rings. The number of rotatable bonds is 5. The summed E-state index contributed by atoms with van der Waals surface area (Å²) >= 11 is 1.43. The van der Waals surface area contributed by atoms with Crippen LogP contribution >= 0.6 is 11.3 Å². The molecule has 3 rings (SSSR count). The zero-order valence-corrected chi connectivity index (χ0v) is 12.5. The normalized spacial score (nSPS) is 19.5. The number of thiazole rings is 1. The Kier molecular flexibility index (Phi) is 4.56. The highest BCUT2D eigenvalue weighted by Crippen LogP contribution is 2.18. The maximum absolute atomic E-state index is 12.1. The average Bonchev–Trinajstić information content (AvgIpc) is 3.14. The smallest absolute Gasteiger partial charge is 0.240 e. The molecule has 1 aliphatic heterocycles. The van der Waals surface area contributed by atoms with E-state index in [1.54, 1.807) is 18.9 Å². The topological polar surface area (TPSA) is 75.9 Å². The number of piperidine rings is 1. The lowest BCUT2D eigenvalue weighted by atomic mass is 10.0. The van der Waals surface area contributed by atoms with Crippen molar-refractivity contribution < 1.29 is 4.79 Å². The van der Waals surface area contributed by atoms with E-state index in [0.717, 1.165) is 25.9 Å². The predicted molar refractivity (Wildman–Crippen MR) is 80.0 cm³/mol. The van der Waals surface area contributed by atoms with Crippen LogP contribution in [0.1, 0.15) is 19.3 Å². The third-order valence-corrected chi connectivity index (χ3v) is 4.33. The van der Waals surface area contributed by atoms with Gasteiger partial charge in [-0.25, -0.2) is 9.97 Å². The second-order valence-corrected chi connectivity index (χ2v) is 6.02. The first-order valence-corrected chi connectivity index (χ1v) is 7.95. The van der Waals surface area contributed by atoms with E-state index in [1.165, 1.54) is 17.8 Å². The third kappa shape index (κ3) is 3.85. The SMILES string of the molecule is O=C(CN1CCCC[C@@H]1Cn1cncn1)Nc1nccs1. The fraction of sp³-hybridized carbons (Fsp3) is 0.538. The Bertz CT molecular complexity index is 555. The number of anilines is 1. The first kappa shape index (κ1) is 14.2. The van der Waals surface area contributed by atoms with Gasteiger partial charge in [-0.15, -0.1) is 11.3 Å². The number of nitrogens with zero attached hydrogens (tertiary/aromatic N) is 5. The van der Waals surface area contributed by atoms with Crippen LogP contribution in [0.2, 0.25) is 0 Å². The summed E-state index contributed by atoms with van der Waals surface area (Å²) in [6.45, 7) is 2.13. The highest BCUT2D eigenvalue weighted by molar-refractivity contribution is 7.13. The molecule has 2 aromatic heterocycles. The van der Waals surface area contributed by atoms with Crippen LogP contribution in [0.4, 0.5) is 5.13 Å². The number of carbonyl (C=O) groups is 1. The first-order valence-electron chi connectivity index (χ1n) is 7.07. The van der Waals surface area contributed by atoms with Crippen molar-refractivity contribution in [2.24, 2.45) is 0 Å². The predicted octanol–water partition coefficient (Wildman–Crippen LogP) is 1.23. The maximum atomic E-state index is 12.1. The summed E-state index contributed by atoms with van der Waals surface area (Å²) in [5.41, 5.74) is 0. The van der Waals surface area contributed by atoms with Crippen molar-refractivity contribution in [3.63, 3.8) is 0 Å². The lowest BCUT2D eigenvalue weighted by Crippen LogP contribution is -2.46. The molecule has 7 nitrogen and oxygen atoms in total. The van der Waals surface area contributed by atoms with Crippen LogP contribution in [0, 0.1) is 0 Å². The zero-order valence-electron chi connectivity index (χ0n) is 11.7. The van der Waals surface area contributed by atoms with E-state index in [4.69, 9.17) is 0 Å². The molecule has 1 aliphatic rings. The van der Waals surface area contributed by atoms with E-state index < -0.39 is 0 Å². The van der Waals surface area contributed by atoms with Crippen molar-refractivity contribution in [3.8, 4) is 0 Å². The van der Waals surface area contributed by atoms with Gasteiger partial charge in [0.2, 0.25) is 5.91 Å². The van der Waals surface area contributed by atoms with Gasteiger partial charge >= 0.3 is 0 Å². The number of carbonyl (C=O) groups excluding carboxylic acids is 1. The van der Waals surface area contributed by atoms with Gasteiger partial charge in [-0.2, -0.15) is 5.10 Å². The molecule has 112 valence electrons. The number of likely N-dealkylation sites (tertiary alicyclic amines) is 1. The molecule has 21 heavy (non-hydrogen) atoms. The third-order valence-electron chi connectivity index (χ3n) is 3.64. The molecule has 0 spiro atoms. The first-order chi connectivity index (χ1) is 10.3. The van der Waals surface area contributed by atoms with Gasteiger partial charge in [-0.3, -0.25) is 14.4 Å². The summed E-state index contributed by atoms with van der Waals surface area (Å²) in [4.78, 5) is 22.4. The lowest BCUT2D eigenvalue weighted by Gasteiger charge is -2.34. The van der Waals surface area contributed by atoms with Gasteiger partial charge in [0.05, 0.1) is 13.1 Å². The van der Waals surface area contributed by atoms with Crippen molar-refractivity contribution >= 4 is 22.4 Å². The highest BCUT2D eigenvalue weighted by Gasteiger charge is 2.25. The van der Waals surface area contributed by atoms with Gasteiger partial charge in [0.25, 0.3) is 0 Å². The van der Waals surface area contributed by atoms with E-state index in [9.17, 15) is 4.79 Å². The molecule has 1 amide bonds. The van der Waals surface area contributed by atoms with E-state index in [-0.39, 0.29) is 5.91 Å². The molecule has 0 aromatic carbocycles. The van der Waals surface area contributed by atoms with Crippen LogP contribution in [-0.4, -0.2) is 49.7 Å². The van der Waals surface area contributed by atoms with Gasteiger partial charge in [-0.05, 0) is 19.4 Å². The summed E-state index contributed by atoms with van der Waals surface area (Å²) in [5.74, 6) is -0.00422. The fourth-order valence-electron chi connectivity index (χ4n) is 2.65. The molecular formula is C13H18N6OS. The molecule has 1 N–H and O–H groups in total. The Morgan fingerprint density at radius 1 is 1.48 bits per heavy atom. The van der Waals surface area contributed by atoms with Crippen LogP contribution in [0.25, 0.3) is 0 Å². The number of aromatic nitrogens is 4. The number of amides is 1. The number of hydrogen-bond acceptors (Lipinski definition) is 6. The van der Waals surface area contributed by atoms with Gasteiger partial charge in [0.15, 0.2) is 5.13 Å².